The molecule has 0 spiro atoms. The summed E-state index contributed by atoms with van der Waals surface area (Å²) in [5, 5.41) is 20.7. The van der Waals surface area contributed by atoms with Gasteiger partial charge < -0.3 is 24.4 Å². The number of aliphatic hydroxyl groups is 2. The third kappa shape index (κ3) is 4.23. The van der Waals surface area contributed by atoms with Gasteiger partial charge in [0.2, 0.25) is 0 Å². The van der Waals surface area contributed by atoms with E-state index in [0.717, 1.165) is 0 Å². The molecule has 0 aromatic carbocycles. The van der Waals surface area contributed by atoms with Crippen molar-refractivity contribution in [2.75, 3.05) is 7.11 Å². The van der Waals surface area contributed by atoms with Gasteiger partial charge in [0.15, 0.2) is 5.78 Å². The Kier molecular flexibility index (Phi) is 5.56. The van der Waals surface area contributed by atoms with Crippen molar-refractivity contribution < 1.29 is 29.2 Å². The van der Waals surface area contributed by atoms with Gasteiger partial charge in [-0.3, -0.25) is 4.79 Å². The van der Waals surface area contributed by atoms with Crippen molar-refractivity contribution in [3.05, 3.63) is 0 Å². The highest BCUT2D eigenvalue weighted by Crippen LogP contribution is 2.33. The number of carbonyl (C=O) groups excluding carboxylic acids is 1. The van der Waals surface area contributed by atoms with Gasteiger partial charge in [-0.1, -0.05) is 0 Å². The van der Waals surface area contributed by atoms with Gasteiger partial charge in [-0.25, -0.2) is 0 Å². The summed E-state index contributed by atoms with van der Waals surface area (Å²) in [7, 11) is 1.49. The van der Waals surface area contributed by atoms with Crippen LogP contribution in [-0.2, 0) is 19.0 Å². The van der Waals surface area contributed by atoms with Gasteiger partial charge in [-0.05, 0) is 41.5 Å². The molecule has 1 fully saturated rings. The standard InChI is InChI=1S/C15H28O6/c1-8(16)11-12(21-14(2,3)4)9(17)10(18)13(20-11)15(5,6)19-7/h9-13,17-18H,1-7H3. The Morgan fingerprint density at radius 3 is 2.00 bits per heavy atom. The van der Waals surface area contributed by atoms with Crippen LogP contribution in [0.25, 0.3) is 0 Å². The van der Waals surface area contributed by atoms with E-state index >= 15 is 0 Å². The van der Waals surface area contributed by atoms with Gasteiger partial charge in [0.1, 0.15) is 30.5 Å². The van der Waals surface area contributed by atoms with Crippen LogP contribution >= 0.6 is 0 Å². The number of aliphatic hydroxyl groups excluding tert-OH is 2. The predicted octanol–water partition coefficient (Wildman–Crippen LogP) is 0.673. The number of carbonyl (C=O) groups is 1. The minimum Gasteiger partial charge on any atom is -0.387 e. The monoisotopic (exact) mass is 304 g/mol. The molecule has 0 aromatic heterocycles. The fourth-order valence-corrected chi connectivity index (χ4v) is 2.43. The molecule has 1 aliphatic heterocycles. The van der Waals surface area contributed by atoms with Crippen molar-refractivity contribution in [3.63, 3.8) is 0 Å². The number of ether oxygens (including phenoxy) is 3. The summed E-state index contributed by atoms with van der Waals surface area (Å²) in [6.07, 6.45) is -5.12. The second kappa shape index (κ2) is 6.30. The highest BCUT2D eigenvalue weighted by molar-refractivity contribution is 5.81. The van der Waals surface area contributed by atoms with E-state index in [9.17, 15) is 15.0 Å². The predicted molar refractivity (Wildman–Crippen MR) is 77.1 cm³/mol. The van der Waals surface area contributed by atoms with Gasteiger partial charge in [-0.2, -0.15) is 0 Å². The van der Waals surface area contributed by atoms with Crippen LogP contribution < -0.4 is 0 Å². The molecule has 1 rings (SSSR count). The van der Waals surface area contributed by atoms with Crippen LogP contribution in [0.4, 0.5) is 0 Å². The third-order valence-electron chi connectivity index (χ3n) is 3.69. The van der Waals surface area contributed by atoms with E-state index in [1.807, 2.05) is 20.8 Å². The number of methoxy groups -OCH3 is 1. The van der Waals surface area contributed by atoms with E-state index in [1.54, 1.807) is 13.8 Å². The Morgan fingerprint density at radius 2 is 1.62 bits per heavy atom. The minimum absolute atomic E-state index is 0.257. The van der Waals surface area contributed by atoms with Gasteiger partial charge in [0, 0.05) is 7.11 Å². The van der Waals surface area contributed by atoms with Crippen molar-refractivity contribution in [2.24, 2.45) is 0 Å². The molecule has 124 valence electrons. The van der Waals surface area contributed by atoms with Crippen molar-refractivity contribution in [1.82, 2.24) is 0 Å². The average molecular weight is 304 g/mol. The van der Waals surface area contributed by atoms with Crippen molar-refractivity contribution in [2.45, 2.75) is 83.3 Å². The van der Waals surface area contributed by atoms with Crippen LogP contribution in [0.3, 0.4) is 0 Å². The summed E-state index contributed by atoms with van der Waals surface area (Å²) >= 11 is 0. The summed E-state index contributed by atoms with van der Waals surface area (Å²) in [5.74, 6) is -0.257. The van der Waals surface area contributed by atoms with E-state index in [-0.39, 0.29) is 5.78 Å². The van der Waals surface area contributed by atoms with Crippen molar-refractivity contribution >= 4 is 5.78 Å². The van der Waals surface area contributed by atoms with Gasteiger partial charge in [-0.15, -0.1) is 0 Å². The first-order valence-corrected chi connectivity index (χ1v) is 7.15. The molecule has 6 nitrogen and oxygen atoms in total. The number of hydrogen-bond donors (Lipinski definition) is 2. The van der Waals surface area contributed by atoms with Crippen LogP contribution in [0.1, 0.15) is 41.5 Å². The number of Topliss-reactive ketones (excluding diaryl/α,β-unsaturated/α-hetero) is 1. The number of ketones is 1. The lowest BCUT2D eigenvalue weighted by Gasteiger charge is -2.48. The largest absolute Gasteiger partial charge is 0.387 e. The Balaban J connectivity index is 3.08. The maximum Gasteiger partial charge on any atom is 0.161 e. The summed E-state index contributed by atoms with van der Waals surface area (Å²) < 4.78 is 16.8. The first-order chi connectivity index (χ1) is 9.40. The Hall–Kier alpha value is -0.530. The summed E-state index contributed by atoms with van der Waals surface area (Å²) in [4.78, 5) is 11.9. The summed E-state index contributed by atoms with van der Waals surface area (Å²) in [5.41, 5.74) is -1.42. The maximum absolute atomic E-state index is 11.9. The summed E-state index contributed by atoms with van der Waals surface area (Å²) in [6.45, 7) is 10.3. The molecule has 0 aromatic rings. The molecule has 0 radical (unpaired) electrons. The molecule has 0 aliphatic carbocycles. The first kappa shape index (κ1) is 18.5. The lowest BCUT2D eigenvalue weighted by atomic mass is 9.85. The smallest absolute Gasteiger partial charge is 0.161 e. The zero-order valence-corrected chi connectivity index (χ0v) is 13.9. The molecule has 1 saturated heterocycles. The topological polar surface area (TPSA) is 85.2 Å². The minimum atomic E-state index is -1.23. The molecule has 5 atom stereocenters. The Labute approximate surface area is 126 Å². The quantitative estimate of drug-likeness (QED) is 0.794. The van der Waals surface area contributed by atoms with E-state index in [4.69, 9.17) is 14.2 Å². The molecular weight excluding hydrogens is 276 g/mol. The lowest BCUT2D eigenvalue weighted by Crippen LogP contribution is -2.66. The van der Waals surface area contributed by atoms with Gasteiger partial charge in [0.05, 0.1) is 11.2 Å². The Bertz CT molecular complexity index is 373. The SMILES string of the molecule is COC(C)(C)C1OC(C(C)=O)C(OC(C)(C)C)C(O)C1O. The van der Waals surface area contributed by atoms with Crippen LogP contribution in [0.2, 0.25) is 0 Å². The van der Waals surface area contributed by atoms with Gasteiger partial charge in [0.25, 0.3) is 0 Å². The van der Waals surface area contributed by atoms with E-state index in [2.05, 4.69) is 0 Å². The zero-order chi connectivity index (χ0) is 16.6. The molecule has 21 heavy (non-hydrogen) atoms. The van der Waals surface area contributed by atoms with Crippen LogP contribution in [-0.4, -0.2) is 64.8 Å². The van der Waals surface area contributed by atoms with Crippen LogP contribution in [0.5, 0.6) is 0 Å². The van der Waals surface area contributed by atoms with Crippen LogP contribution in [0, 0.1) is 0 Å². The first-order valence-electron chi connectivity index (χ1n) is 7.15. The lowest BCUT2D eigenvalue weighted by molar-refractivity contribution is -0.278. The van der Waals surface area contributed by atoms with E-state index in [1.165, 1.54) is 14.0 Å². The summed E-state index contributed by atoms with van der Waals surface area (Å²) in [6, 6.07) is 0. The molecule has 1 heterocycles. The van der Waals surface area contributed by atoms with E-state index in [0.29, 0.717) is 0 Å². The number of hydrogen-bond acceptors (Lipinski definition) is 6. The molecule has 5 unspecified atom stereocenters. The highest BCUT2D eigenvalue weighted by atomic mass is 16.6. The molecule has 2 N–H and O–H groups in total. The van der Waals surface area contributed by atoms with Crippen molar-refractivity contribution in [3.8, 4) is 0 Å². The Morgan fingerprint density at radius 1 is 1.10 bits per heavy atom. The molecule has 1 aliphatic rings. The number of rotatable bonds is 4. The third-order valence-corrected chi connectivity index (χ3v) is 3.69. The molecular formula is C15H28O6. The fraction of sp³-hybridized carbons (Fsp3) is 0.933. The van der Waals surface area contributed by atoms with Crippen molar-refractivity contribution in [1.29, 1.82) is 0 Å². The molecule has 6 heteroatoms. The second-order valence-electron chi connectivity index (χ2n) is 7.07. The zero-order valence-electron chi connectivity index (χ0n) is 13.9. The fourth-order valence-electron chi connectivity index (χ4n) is 2.43. The second-order valence-corrected chi connectivity index (χ2v) is 7.07. The molecule has 0 amide bonds. The van der Waals surface area contributed by atoms with Crippen LogP contribution in [0.15, 0.2) is 0 Å². The molecule has 0 bridgehead atoms. The van der Waals surface area contributed by atoms with Gasteiger partial charge >= 0.3 is 0 Å². The van der Waals surface area contributed by atoms with E-state index < -0.39 is 41.7 Å². The average Bonchev–Trinajstić information content (AvgIpc) is 2.33. The normalized spacial score (nSPS) is 34.8. The molecule has 0 saturated carbocycles. The highest BCUT2D eigenvalue weighted by Gasteiger charge is 2.52. The maximum atomic E-state index is 11.9.